The molecule has 6 rings (SSSR count). The summed E-state index contributed by atoms with van der Waals surface area (Å²) in [5, 5.41) is 18.9. The van der Waals surface area contributed by atoms with Crippen LogP contribution in [0.1, 0.15) is 83.0 Å². The van der Waals surface area contributed by atoms with Crippen molar-refractivity contribution in [3.63, 3.8) is 0 Å². The normalized spacial score (nSPS) is 11.3. The van der Waals surface area contributed by atoms with E-state index in [2.05, 4.69) is 75.8 Å². The van der Waals surface area contributed by atoms with Gasteiger partial charge in [0, 0.05) is 44.4 Å². The molecule has 15 nitrogen and oxygen atoms in total. The van der Waals surface area contributed by atoms with E-state index in [-0.39, 0.29) is 11.8 Å². The summed E-state index contributed by atoms with van der Waals surface area (Å²) in [6.07, 6.45) is -2.64. The second kappa shape index (κ2) is 22.4. The third-order valence-electron chi connectivity index (χ3n) is 7.77. The molecule has 6 aromatic rings. The largest absolute Gasteiger partial charge is 0.519 e. The molecule has 340 valence electrons. The van der Waals surface area contributed by atoms with Gasteiger partial charge in [-0.15, -0.1) is 0 Å². The Hall–Kier alpha value is -4.87. The number of rotatable bonds is 6. The van der Waals surface area contributed by atoms with Crippen LogP contribution in [-0.2, 0) is 18.9 Å². The molecular formula is C45H50I2N6O9S2. The third-order valence-corrected chi connectivity index (χ3v) is 11.5. The lowest BCUT2D eigenvalue weighted by Gasteiger charge is -2.20. The minimum atomic E-state index is -1.06. The Morgan fingerprint density at radius 1 is 0.625 bits per heavy atom. The van der Waals surface area contributed by atoms with E-state index in [0.717, 1.165) is 43.3 Å². The van der Waals surface area contributed by atoms with Gasteiger partial charge in [0.25, 0.3) is 11.8 Å². The first-order chi connectivity index (χ1) is 29.9. The van der Waals surface area contributed by atoms with Crippen LogP contribution in [0.3, 0.4) is 0 Å². The zero-order valence-electron chi connectivity index (χ0n) is 37.2. The van der Waals surface area contributed by atoms with E-state index >= 15 is 0 Å². The van der Waals surface area contributed by atoms with Gasteiger partial charge in [-0.2, -0.15) is 14.9 Å². The molecular weight excluding hydrogens is 1090 g/mol. The molecule has 64 heavy (non-hydrogen) atoms. The second-order valence-electron chi connectivity index (χ2n) is 16.5. The van der Waals surface area contributed by atoms with Crippen molar-refractivity contribution in [3.8, 4) is 0 Å². The smallest absolute Gasteiger partial charge is 0.442 e. The van der Waals surface area contributed by atoms with Crippen molar-refractivity contribution in [2.24, 2.45) is 0 Å². The van der Waals surface area contributed by atoms with Crippen molar-refractivity contribution < 1.29 is 42.9 Å². The van der Waals surface area contributed by atoms with Gasteiger partial charge >= 0.3 is 18.4 Å². The van der Waals surface area contributed by atoms with Gasteiger partial charge in [0.2, 0.25) is 0 Å². The highest BCUT2D eigenvalue weighted by Crippen LogP contribution is 2.35. The lowest BCUT2D eigenvalue weighted by molar-refractivity contribution is -0.0294. The fourth-order valence-electron chi connectivity index (χ4n) is 5.21. The summed E-state index contributed by atoms with van der Waals surface area (Å²) in [4.78, 5) is 62.3. The quantitative estimate of drug-likeness (QED) is 0.0618. The number of hydrogen-bond acceptors (Lipinski definition) is 13. The first-order valence-electron chi connectivity index (χ1n) is 19.5. The summed E-state index contributed by atoms with van der Waals surface area (Å²) in [6.45, 7) is 15.5. The molecule has 0 atom stereocenters. The molecule has 0 unspecified atom stereocenters. The highest BCUT2D eigenvalue weighted by molar-refractivity contribution is 14.1. The number of fused-ring (bicyclic) bond motifs is 2. The van der Waals surface area contributed by atoms with E-state index in [4.69, 9.17) is 14.2 Å². The van der Waals surface area contributed by atoms with Crippen LogP contribution in [0.15, 0.2) is 105 Å². The maximum Gasteiger partial charge on any atom is 0.519 e. The Labute approximate surface area is 407 Å². The third kappa shape index (κ3) is 15.7. The number of nitrogens with zero attached hydrogens (tertiary/aromatic N) is 3. The zero-order valence-corrected chi connectivity index (χ0v) is 43.1. The highest BCUT2D eigenvalue weighted by atomic mass is 127. The SMILES string of the molecule is CC(C)(C)OC(=O)OC(=O)OC(C)(C)C.CNC(=O)c1ccccc1Sc1ccc2c(I)[nH]nc2c1.CNC(=O)c1ccccc1Sc1ccc2c(I)nn(C(=O)OC(C)(C)C)c2c1. The molecule has 0 bridgehead atoms. The number of benzene rings is 4. The van der Waals surface area contributed by atoms with E-state index < -0.39 is 35.2 Å². The maximum absolute atomic E-state index is 12.6. The Morgan fingerprint density at radius 3 is 1.55 bits per heavy atom. The molecule has 0 saturated carbocycles. The van der Waals surface area contributed by atoms with E-state index in [1.54, 1.807) is 73.5 Å². The monoisotopic (exact) mass is 1140 g/mol. The minimum Gasteiger partial charge on any atom is -0.442 e. The number of ether oxygens (including phenoxy) is 4. The molecule has 0 spiro atoms. The van der Waals surface area contributed by atoms with Gasteiger partial charge < -0.3 is 29.6 Å². The number of aromatic amines is 1. The predicted octanol–water partition coefficient (Wildman–Crippen LogP) is 11.5. The van der Waals surface area contributed by atoms with Gasteiger partial charge in [-0.1, -0.05) is 47.8 Å². The van der Waals surface area contributed by atoms with Crippen molar-refractivity contribution in [3.05, 3.63) is 103 Å². The van der Waals surface area contributed by atoms with Crippen molar-refractivity contribution in [2.75, 3.05) is 14.1 Å². The van der Waals surface area contributed by atoms with Gasteiger partial charge in [0.05, 0.1) is 22.2 Å². The number of amides is 2. The summed E-state index contributed by atoms with van der Waals surface area (Å²) in [5.74, 6) is -0.217. The molecule has 0 saturated heterocycles. The molecule has 2 amide bonds. The number of halogens is 2. The summed E-state index contributed by atoms with van der Waals surface area (Å²) < 4.78 is 22.3. The zero-order chi connectivity index (χ0) is 47.6. The average Bonchev–Trinajstić information content (AvgIpc) is 3.74. The van der Waals surface area contributed by atoms with Crippen LogP contribution in [0.25, 0.3) is 21.8 Å². The van der Waals surface area contributed by atoms with Crippen LogP contribution in [-0.4, -0.2) is 81.1 Å². The number of carbonyl (C=O) groups is 5. The predicted molar refractivity (Wildman–Crippen MR) is 264 cm³/mol. The van der Waals surface area contributed by atoms with Crippen molar-refractivity contribution in [2.45, 2.75) is 98.7 Å². The summed E-state index contributed by atoms with van der Waals surface area (Å²) in [7, 11) is 3.25. The van der Waals surface area contributed by atoms with Gasteiger partial charge in [0.1, 0.15) is 24.2 Å². The molecule has 3 N–H and O–H groups in total. The first-order valence-corrected chi connectivity index (χ1v) is 23.3. The molecule has 4 aromatic carbocycles. The maximum atomic E-state index is 12.6. The number of hydrogen-bond donors (Lipinski definition) is 3. The highest BCUT2D eigenvalue weighted by Gasteiger charge is 2.25. The van der Waals surface area contributed by atoms with E-state index in [1.807, 2.05) is 99.6 Å². The molecule has 0 aliphatic rings. The van der Waals surface area contributed by atoms with Crippen LogP contribution in [0, 0.1) is 7.40 Å². The van der Waals surface area contributed by atoms with Gasteiger partial charge in [-0.05, 0) is 168 Å². The van der Waals surface area contributed by atoms with Gasteiger partial charge in [-0.25, -0.2) is 14.4 Å². The Balaban J connectivity index is 0.000000222. The molecule has 2 aromatic heterocycles. The summed E-state index contributed by atoms with van der Waals surface area (Å²) >= 11 is 7.36. The second-order valence-corrected chi connectivity index (χ2v) is 20.8. The Bertz CT molecular complexity index is 2620. The van der Waals surface area contributed by atoms with Crippen LogP contribution >= 0.6 is 68.7 Å². The Kier molecular flexibility index (Phi) is 18.1. The van der Waals surface area contributed by atoms with Crippen molar-refractivity contribution in [1.29, 1.82) is 0 Å². The van der Waals surface area contributed by atoms with Crippen LogP contribution < -0.4 is 10.6 Å². The van der Waals surface area contributed by atoms with Crippen LogP contribution in [0.5, 0.6) is 0 Å². The molecule has 19 heteroatoms. The number of nitrogens with one attached hydrogen (secondary N) is 3. The fourth-order valence-corrected chi connectivity index (χ4v) is 8.41. The van der Waals surface area contributed by atoms with E-state index in [0.29, 0.717) is 16.6 Å². The molecule has 0 aliphatic carbocycles. The molecule has 0 radical (unpaired) electrons. The van der Waals surface area contributed by atoms with Crippen LogP contribution in [0.4, 0.5) is 14.4 Å². The van der Waals surface area contributed by atoms with Gasteiger partial charge in [-0.3, -0.25) is 14.7 Å². The van der Waals surface area contributed by atoms with E-state index in [1.165, 1.54) is 16.4 Å². The average molecular weight is 1140 g/mol. The molecule has 0 fully saturated rings. The number of H-pyrrole nitrogens is 1. The van der Waals surface area contributed by atoms with Crippen molar-refractivity contribution in [1.82, 2.24) is 30.6 Å². The topological polar surface area (TPSA) is 193 Å². The Morgan fingerprint density at radius 2 is 1.08 bits per heavy atom. The summed E-state index contributed by atoms with van der Waals surface area (Å²) in [6, 6.07) is 26.9. The molecule has 0 aliphatic heterocycles. The van der Waals surface area contributed by atoms with Crippen molar-refractivity contribution >= 4 is 121 Å². The van der Waals surface area contributed by atoms with E-state index in [9.17, 15) is 24.0 Å². The first kappa shape index (κ1) is 51.8. The lowest BCUT2D eigenvalue weighted by atomic mass is 10.2. The number of aromatic nitrogens is 4. The number of carbonyl (C=O) groups excluding carboxylic acids is 5. The minimum absolute atomic E-state index is 0.0755. The van der Waals surface area contributed by atoms with Gasteiger partial charge in [0.15, 0.2) is 0 Å². The van der Waals surface area contributed by atoms with Crippen LogP contribution in [0.2, 0.25) is 0 Å². The standard InChI is InChI=1S/C20H20IN3O3S.C15H12IN3OS.C10H18O5/c1-20(2,3)27-19(26)24-15-11-12(9-10-13(15)17(21)23-24)28-16-8-6-5-7-14(16)18(25)22-4;1-17-15(20)11-4-2-3-5-13(11)21-9-6-7-10-12(8-9)18-19-14(10)16;1-9(2,3)14-7(11)13-8(12)15-10(4,5)6/h5-11H,1-4H3,(H,22,25);2-8H,1H3,(H,17,20)(H,18,19);1-6H3. The summed E-state index contributed by atoms with van der Waals surface area (Å²) in [5.41, 5.74) is 0.882. The lowest BCUT2D eigenvalue weighted by Crippen LogP contribution is -2.29. The molecule has 2 heterocycles. The fraction of sp³-hybridized carbons (Fsp3) is 0.311.